The van der Waals surface area contributed by atoms with E-state index in [1.165, 1.54) is 11.8 Å². The van der Waals surface area contributed by atoms with E-state index in [4.69, 9.17) is 21.3 Å². The summed E-state index contributed by atoms with van der Waals surface area (Å²) in [6.07, 6.45) is 1.45. The lowest BCUT2D eigenvalue weighted by Gasteiger charge is -2.36. The fraction of sp³-hybridized carbons (Fsp3) is 0.348. The van der Waals surface area contributed by atoms with E-state index in [1.807, 2.05) is 32.0 Å². The highest BCUT2D eigenvalue weighted by Crippen LogP contribution is 2.34. The van der Waals surface area contributed by atoms with Gasteiger partial charge in [-0.25, -0.2) is 4.98 Å². The third-order valence-corrected chi connectivity index (χ3v) is 6.51. The van der Waals surface area contributed by atoms with E-state index in [9.17, 15) is 9.59 Å². The summed E-state index contributed by atoms with van der Waals surface area (Å²) >= 11 is 7.22. The van der Waals surface area contributed by atoms with Gasteiger partial charge in [-0.1, -0.05) is 35.5 Å². The van der Waals surface area contributed by atoms with Crippen LogP contribution in [0.4, 0.5) is 0 Å². The summed E-state index contributed by atoms with van der Waals surface area (Å²) in [6.45, 7) is 4.66. The molecule has 2 heterocycles. The number of ketones is 1. The summed E-state index contributed by atoms with van der Waals surface area (Å²) in [5, 5.41) is 1.75. The Labute approximate surface area is 184 Å². The predicted molar refractivity (Wildman–Crippen MR) is 121 cm³/mol. The average molecular weight is 443 g/mol. The van der Waals surface area contributed by atoms with E-state index >= 15 is 0 Å². The Balaban J connectivity index is 1.69. The summed E-state index contributed by atoms with van der Waals surface area (Å²) in [5.41, 5.74) is 0.861. The molecule has 1 aliphatic rings. The first-order chi connectivity index (χ1) is 14.3. The number of halogens is 1. The molecule has 1 aliphatic heterocycles. The molecule has 0 aliphatic carbocycles. The SMILES string of the molecule is CC1(C)C[C@H](n2c(SCC(=O)c3ccc(Cl)cc3)nc3ccccc3c2=O)CCO1. The lowest BCUT2D eigenvalue weighted by atomic mass is 9.93. The predicted octanol–water partition coefficient (Wildman–Crippen LogP) is 5.16. The number of benzene rings is 2. The van der Waals surface area contributed by atoms with Crippen molar-refractivity contribution in [2.45, 2.75) is 43.5 Å². The van der Waals surface area contributed by atoms with Crippen molar-refractivity contribution < 1.29 is 9.53 Å². The van der Waals surface area contributed by atoms with Crippen LogP contribution in [0.3, 0.4) is 0 Å². The first kappa shape index (κ1) is 21.1. The number of nitrogens with zero attached hydrogens (tertiary/aromatic N) is 2. The molecule has 1 fully saturated rings. The van der Waals surface area contributed by atoms with E-state index in [2.05, 4.69) is 0 Å². The van der Waals surface area contributed by atoms with Gasteiger partial charge in [0.2, 0.25) is 0 Å². The molecule has 0 radical (unpaired) electrons. The van der Waals surface area contributed by atoms with E-state index < -0.39 is 0 Å². The van der Waals surface area contributed by atoms with E-state index in [0.29, 0.717) is 39.7 Å². The maximum Gasteiger partial charge on any atom is 0.262 e. The first-order valence-electron chi connectivity index (χ1n) is 9.91. The van der Waals surface area contributed by atoms with Crippen molar-refractivity contribution in [1.82, 2.24) is 9.55 Å². The molecule has 2 aromatic carbocycles. The minimum atomic E-state index is -0.310. The fourth-order valence-corrected chi connectivity index (χ4v) is 4.91. The smallest absolute Gasteiger partial charge is 0.262 e. The van der Waals surface area contributed by atoms with Crippen LogP contribution in [0.15, 0.2) is 58.5 Å². The van der Waals surface area contributed by atoms with E-state index in [0.717, 1.165) is 6.42 Å². The lowest BCUT2D eigenvalue weighted by Crippen LogP contribution is -2.39. The molecule has 1 atom stereocenters. The maximum absolute atomic E-state index is 13.4. The van der Waals surface area contributed by atoms with Gasteiger partial charge in [-0.2, -0.15) is 0 Å². The van der Waals surface area contributed by atoms with Crippen LogP contribution in [0.25, 0.3) is 10.9 Å². The highest BCUT2D eigenvalue weighted by Gasteiger charge is 2.32. The Morgan fingerprint density at radius 1 is 1.23 bits per heavy atom. The summed E-state index contributed by atoms with van der Waals surface area (Å²) in [4.78, 5) is 30.8. The van der Waals surface area contributed by atoms with Gasteiger partial charge in [-0.3, -0.25) is 14.2 Å². The highest BCUT2D eigenvalue weighted by molar-refractivity contribution is 7.99. The molecule has 0 bridgehead atoms. The van der Waals surface area contributed by atoms with Crippen molar-refractivity contribution >= 4 is 40.0 Å². The fourth-order valence-electron chi connectivity index (χ4n) is 3.82. The Kier molecular flexibility index (Phi) is 6.00. The van der Waals surface area contributed by atoms with Crippen molar-refractivity contribution in [2.75, 3.05) is 12.4 Å². The van der Waals surface area contributed by atoms with Crippen LogP contribution in [0.5, 0.6) is 0 Å². The molecule has 7 heteroatoms. The topological polar surface area (TPSA) is 61.2 Å². The third-order valence-electron chi connectivity index (χ3n) is 5.31. The quantitative estimate of drug-likeness (QED) is 0.310. The van der Waals surface area contributed by atoms with Gasteiger partial charge >= 0.3 is 0 Å². The second-order valence-electron chi connectivity index (χ2n) is 8.06. The van der Waals surface area contributed by atoms with Crippen molar-refractivity contribution in [3.63, 3.8) is 0 Å². The minimum absolute atomic E-state index is 0.0218. The molecule has 5 nitrogen and oxygen atoms in total. The molecule has 4 rings (SSSR count). The summed E-state index contributed by atoms with van der Waals surface area (Å²) in [5.74, 6) is 0.164. The van der Waals surface area contributed by atoms with Crippen LogP contribution in [-0.2, 0) is 4.74 Å². The average Bonchev–Trinajstić information content (AvgIpc) is 2.72. The molecule has 1 saturated heterocycles. The Hall–Kier alpha value is -2.15. The van der Waals surface area contributed by atoms with Crippen LogP contribution >= 0.6 is 23.4 Å². The number of Topliss-reactive ketones (excluding diaryl/α,β-unsaturated/α-hetero) is 1. The number of thioether (sulfide) groups is 1. The van der Waals surface area contributed by atoms with Crippen molar-refractivity contribution in [1.29, 1.82) is 0 Å². The zero-order chi connectivity index (χ0) is 21.3. The molecule has 3 aromatic rings. The monoisotopic (exact) mass is 442 g/mol. The largest absolute Gasteiger partial charge is 0.375 e. The number of hydrogen-bond acceptors (Lipinski definition) is 5. The van der Waals surface area contributed by atoms with Gasteiger partial charge in [0, 0.05) is 23.2 Å². The lowest BCUT2D eigenvalue weighted by molar-refractivity contribution is -0.0708. The van der Waals surface area contributed by atoms with Gasteiger partial charge in [0.25, 0.3) is 5.56 Å². The van der Waals surface area contributed by atoms with Gasteiger partial charge in [-0.15, -0.1) is 0 Å². The Morgan fingerprint density at radius 2 is 1.97 bits per heavy atom. The highest BCUT2D eigenvalue weighted by atomic mass is 35.5. The van der Waals surface area contributed by atoms with Crippen LogP contribution in [0, 0.1) is 0 Å². The number of ether oxygens (including phenoxy) is 1. The number of carbonyl (C=O) groups is 1. The minimum Gasteiger partial charge on any atom is -0.375 e. The van der Waals surface area contributed by atoms with E-state index in [1.54, 1.807) is 34.9 Å². The summed E-state index contributed by atoms with van der Waals surface area (Å²) < 4.78 is 7.61. The molecule has 0 saturated carbocycles. The second kappa shape index (κ2) is 8.53. The number of carbonyl (C=O) groups excluding carboxylic acids is 1. The summed E-state index contributed by atoms with van der Waals surface area (Å²) in [6, 6.07) is 14.2. The van der Waals surface area contributed by atoms with Crippen molar-refractivity contribution in [2.24, 2.45) is 0 Å². The normalized spacial score (nSPS) is 18.4. The standard InChI is InChI=1S/C23H23ClN2O3S/c1-23(2)13-17(11-12-29-23)26-21(28)18-5-3-4-6-19(18)25-22(26)30-14-20(27)15-7-9-16(24)10-8-15/h3-10,17H,11-14H2,1-2H3/t17-/m1/s1. The van der Waals surface area contributed by atoms with Gasteiger partial charge in [0.1, 0.15) is 0 Å². The van der Waals surface area contributed by atoms with Crippen molar-refractivity contribution in [3.8, 4) is 0 Å². The van der Waals surface area contributed by atoms with Gasteiger partial charge in [-0.05, 0) is 63.1 Å². The molecule has 156 valence electrons. The van der Waals surface area contributed by atoms with Crippen LogP contribution < -0.4 is 5.56 Å². The number of aromatic nitrogens is 2. The summed E-state index contributed by atoms with van der Waals surface area (Å²) in [7, 11) is 0. The second-order valence-corrected chi connectivity index (χ2v) is 9.44. The molecular formula is C23H23ClN2O3S. The van der Waals surface area contributed by atoms with Gasteiger partial charge in [0.05, 0.1) is 22.3 Å². The molecule has 1 aromatic heterocycles. The Morgan fingerprint density at radius 3 is 2.70 bits per heavy atom. The molecule has 30 heavy (non-hydrogen) atoms. The molecule has 0 N–H and O–H groups in total. The van der Waals surface area contributed by atoms with Crippen LogP contribution in [0.2, 0.25) is 5.02 Å². The van der Waals surface area contributed by atoms with Gasteiger partial charge < -0.3 is 4.74 Å². The first-order valence-corrected chi connectivity index (χ1v) is 11.3. The maximum atomic E-state index is 13.4. The molecule has 0 unspecified atom stereocenters. The number of fused-ring (bicyclic) bond motifs is 1. The number of rotatable bonds is 5. The Bertz CT molecular complexity index is 1140. The zero-order valence-electron chi connectivity index (χ0n) is 16.9. The third kappa shape index (κ3) is 4.46. The number of para-hydroxylation sites is 1. The number of hydrogen-bond donors (Lipinski definition) is 0. The van der Waals surface area contributed by atoms with Crippen molar-refractivity contribution in [3.05, 3.63) is 69.5 Å². The molecular weight excluding hydrogens is 420 g/mol. The van der Waals surface area contributed by atoms with Gasteiger partial charge in [0.15, 0.2) is 10.9 Å². The molecule has 0 amide bonds. The van der Waals surface area contributed by atoms with Crippen LogP contribution in [0.1, 0.15) is 43.1 Å². The zero-order valence-corrected chi connectivity index (χ0v) is 18.5. The van der Waals surface area contributed by atoms with Crippen LogP contribution in [-0.4, -0.2) is 33.3 Å². The molecule has 0 spiro atoms. The van der Waals surface area contributed by atoms with E-state index in [-0.39, 0.29) is 28.7 Å².